The summed E-state index contributed by atoms with van der Waals surface area (Å²) in [5.74, 6) is -1.42. The average molecular weight is 425 g/mol. The van der Waals surface area contributed by atoms with Crippen molar-refractivity contribution in [2.75, 3.05) is 39.3 Å². The van der Waals surface area contributed by atoms with Gasteiger partial charge in [-0.1, -0.05) is 31.2 Å². The fourth-order valence-corrected chi connectivity index (χ4v) is 4.12. The average Bonchev–Trinajstić information content (AvgIpc) is 3.03. The Morgan fingerprint density at radius 1 is 0.806 bits per heavy atom. The zero-order valence-electron chi connectivity index (χ0n) is 17.5. The van der Waals surface area contributed by atoms with E-state index in [-0.39, 0.29) is 24.2 Å². The summed E-state index contributed by atoms with van der Waals surface area (Å²) in [5, 5.41) is 0. The van der Waals surface area contributed by atoms with Crippen LogP contribution in [0.3, 0.4) is 0 Å². The molecule has 0 N–H and O–H groups in total. The lowest BCUT2D eigenvalue weighted by atomic mass is 10.0. The molecule has 2 amide bonds. The summed E-state index contributed by atoms with van der Waals surface area (Å²) in [5.41, 5.74) is 2.10. The summed E-state index contributed by atoms with van der Waals surface area (Å²) in [4.78, 5) is 32.2. The molecule has 1 fully saturated rings. The molecule has 2 aromatic rings. The first-order chi connectivity index (χ1) is 15.0. The zero-order chi connectivity index (χ0) is 22.0. The van der Waals surface area contributed by atoms with Crippen LogP contribution in [0.15, 0.2) is 54.2 Å². The monoisotopic (exact) mass is 425 g/mol. The summed E-state index contributed by atoms with van der Waals surface area (Å²) < 4.78 is 26.6. The first-order valence-corrected chi connectivity index (χ1v) is 10.6. The number of rotatable bonds is 6. The number of benzene rings is 2. The SMILES string of the molecule is CCN1CCN(C2=C(c3ccc(F)cc3)C(=O)N(CCc3ccc(F)cc3)C2=O)CC1. The number of hydrogen-bond donors (Lipinski definition) is 0. The van der Waals surface area contributed by atoms with E-state index in [0.29, 0.717) is 36.3 Å². The molecule has 1 saturated heterocycles. The van der Waals surface area contributed by atoms with Gasteiger partial charge in [-0.3, -0.25) is 14.5 Å². The summed E-state index contributed by atoms with van der Waals surface area (Å²) >= 11 is 0. The topological polar surface area (TPSA) is 43.9 Å². The normalized spacial score (nSPS) is 17.8. The van der Waals surface area contributed by atoms with Crippen molar-refractivity contribution in [2.45, 2.75) is 13.3 Å². The standard InChI is InChI=1S/C24H25F2N3O2/c1-2-27-13-15-28(16-14-27)22-21(18-5-9-20(26)10-6-18)23(30)29(24(22)31)12-11-17-3-7-19(25)8-4-17/h3-10H,2,11-16H2,1H3. The van der Waals surface area contributed by atoms with E-state index in [2.05, 4.69) is 11.8 Å². The quantitative estimate of drug-likeness (QED) is 0.668. The maximum atomic E-state index is 13.5. The number of hydrogen-bond acceptors (Lipinski definition) is 4. The highest BCUT2D eigenvalue weighted by atomic mass is 19.1. The van der Waals surface area contributed by atoms with Gasteiger partial charge in [0, 0.05) is 32.7 Å². The van der Waals surface area contributed by atoms with Crippen molar-refractivity contribution in [2.24, 2.45) is 0 Å². The Balaban J connectivity index is 1.61. The highest BCUT2D eigenvalue weighted by molar-refractivity contribution is 6.35. The first kappa shape index (κ1) is 21.2. The van der Waals surface area contributed by atoms with E-state index in [4.69, 9.17) is 0 Å². The van der Waals surface area contributed by atoms with Gasteiger partial charge in [-0.2, -0.15) is 0 Å². The lowest BCUT2D eigenvalue weighted by Crippen LogP contribution is -2.47. The van der Waals surface area contributed by atoms with Crippen LogP contribution in [0.4, 0.5) is 8.78 Å². The molecular formula is C24H25F2N3O2. The molecule has 2 aromatic carbocycles. The van der Waals surface area contributed by atoms with Gasteiger partial charge in [0.2, 0.25) is 0 Å². The lowest BCUT2D eigenvalue weighted by Gasteiger charge is -2.36. The minimum atomic E-state index is -0.396. The summed E-state index contributed by atoms with van der Waals surface area (Å²) in [6.07, 6.45) is 0.436. The fourth-order valence-electron chi connectivity index (χ4n) is 4.12. The van der Waals surface area contributed by atoms with Gasteiger partial charge in [0.25, 0.3) is 11.8 Å². The highest BCUT2D eigenvalue weighted by Gasteiger charge is 2.41. The predicted molar refractivity (Wildman–Crippen MR) is 114 cm³/mol. The molecular weight excluding hydrogens is 400 g/mol. The third-order valence-corrected chi connectivity index (χ3v) is 5.95. The van der Waals surface area contributed by atoms with Crippen LogP contribution in [0.25, 0.3) is 5.57 Å². The van der Waals surface area contributed by atoms with Crippen LogP contribution in [0.1, 0.15) is 18.1 Å². The van der Waals surface area contributed by atoms with Gasteiger partial charge < -0.3 is 9.80 Å². The molecule has 0 spiro atoms. The Bertz CT molecular complexity index is 994. The number of likely N-dealkylation sites (N-methyl/N-ethyl adjacent to an activating group) is 1. The van der Waals surface area contributed by atoms with Gasteiger partial charge in [-0.25, -0.2) is 8.78 Å². The van der Waals surface area contributed by atoms with E-state index in [1.165, 1.54) is 29.2 Å². The molecule has 7 heteroatoms. The van der Waals surface area contributed by atoms with Gasteiger partial charge >= 0.3 is 0 Å². The van der Waals surface area contributed by atoms with Crippen molar-refractivity contribution < 1.29 is 18.4 Å². The third-order valence-electron chi connectivity index (χ3n) is 5.95. The Morgan fingerprint density at radius 3 is 1.97 bits per heavy atom. The zero-order valence-corrected chi connectivity index (χ0v) is 17.5. The number of halogens is 2. The molecule has 0 atom stereocenters. The van der Waals surface area contributed by atoms with Gasteiger partial charge in [0.15, 0.2) is 0 Å². The second kappa shape index (κ2) is 8.98. The van der Waals surface area contributed by atoms with Crippen LogP contribution in [0.5, 0.6) is 0 Å². The van der Waals surface area contributed by atoms with E-state index in [0.717, 1.165) is 25.2 Å². The van der Waals surface area contributed by atoms with E-state index >= 15 is 0 Å². The first-order valence-electron chi connectivity index (χ1n) is 10.6. The number of imide groups is 1. The van der Waals surface area contributed by atoms with Crippen LogP contribution in [-0.4, -0.2) is 65.8 Å². The summed E-state index contributed by atoms with van der Waals surface area (Å²) in [7, 11) is 0. The van der Waals surface area contributed by atoms with Crippen molar-refractivity contribution in [1.29, 1.82) is 0 Å². The lowest BCUT2D eigenvalue weighted by molar-refractivity contribution is -0.137. The molecule has 0 aromatic heterocycles. The molecule has 0 aliphatic carbocycles. The number of carbonyl (C=O) groups is 2. The number of piperazine rings is 1. The van der Waals surface area contributed by atoms with Crippen LogP contribution < -0.4 is 0 Å². The molecule has 162 valence electrons. The van der Waals surface area contributed by atoms with E-state index in [9.17, 15) is 18.4 Å². The number of nitrogens with zero attached hydrogens (tertiary/aromatic N) is 3. The van der Waals surface area contributed by atoms with Gasteiger partial charge in [-0.15, -0.1) is 0 Å². The van der Waals surface area contributed by atoms with E-state index in [1.54, 1.807) is 24.3 Å². The summed E-state index contributed by atoms with van der Waals surface area (Å²) in [6.45, 7) is 6.17. The van der Waals surface area contributed by atoms with Crippen LogP contribution >= 0.6 is 0 Å². The Labute approximate surface area is 180 Å². The molecule has 0 radical (unpaired) electrons. The molecule has 0 bridgehead atoms. The summed E-state index contributed by atoms with van der Waals surface area (Å²) in [6, 6.07) is 11.7. The van der Waals surface area contributed by atoms with E-state index < -0.39 is 5.82 Å². The van der Waals surface area contributed by atoms with Crippen LogP contribution in [0, 0.1) is 11.6 Å². The van der Waals surface area contributed by atoms with Crippen LogP contribution in [0.2, 0.25) is 0 Å². The molecule has 5 nitrogen and oxygen atoms in total. The van der Waals surface area contributed by atoms with Crippen molar-refractivity contribution >= 4 is 17.4 Å². The second-order valence-electron chi connectivity index (χ2n) is 7.79. The second-order valence-corrected chi connectivity index (χ2v) is 7.79. The van der Waals surface area contributed by atoms with E-state index in [1.807, 2.05) is 4.90 Å². The van der Waals surface area contributed by atoms with Gasteiger partial charge in [0.1, 0.15) is 17.3 Å². The van der Waals surface area contributed by atoms with Crippen molar-refractivity contribution in [3.05, 3.63) is 77.0 Å². The van der Waals surface area contributed by atoms with Crippen molar-refractivity contribution in [3.63, 3.8) is 0 Å². The predicted octanol–water partition coefficient (Wildman–Crippen LogP) is 2.92. The Hall–Kier alpha value is -3.06. The number of amides is 2. The molecule has 31 heavy (non-hydrogen) atoms. The van der Waals surface area contributed by atoms with Crippen molar-refractivity contribution in [1.82, 2.24) is 14.7 Å². The molecule has 2 aliphatic heterocycles. The fraction of sp³-hybridized carbons (Fsp3) is 0.333. The van der Waals surface area contributed by atoms with Gasteiger partial charge in [-0.05, 0) is 48.4 Å². The highest BCUT2D eigenvalue weighted by Crippen LogP contribution is 2.32. The van der Waals surface area contributed by atoms with Crippen LogP contribution in [-0.2, 0) is 16.0 Å². The maximum Gasteiger partial charge on any atom is 0.277 e. The smallest absolute Gasteiger partial charge is 0.277 e. The molecule has 2 heterocycles. The molecule has 0 saturated carbocycles. The minimum absolute atomic E-state index is 0.201. The minimum Gasteiger partial charge on any atom is -0.364 e. The molecule has 2 aliphatic rings. The molecule has 0 unspecified atom stereocenters. The Kier molecular flexibility index (Phi) is 6.13. The molecule has 4 rings (SSSR count). The maximum absolute atomic E-state index is 13.5. The van der Waals surface area contributed by atoms with Crippen molar-refractivity contribution in [3.8, 4) is 0 Å². The largest absolute Gasteiger partial charge is 0.364 e. The Morgan fingerprint density at radius 2 is 1.39 bits per heavy atom. The third kappa shape index (κ3) is 4.37. The van der Waals surface area contributed by atoms with Gasteiger partial charge in [0.05, 0.1) is 5.57 Å². The number of carbonyl (C=O) groups excluding carboxylic acids is 2.